The molecule has 1 amide bonds. The van der Waals surface area contributed by atoms with Gasteiger partial charge in [0.1, 0.15) is 5.70 Å². The molecule has 0 aromatic rings. The van der Waals surface area contributed by atoms with Gasteiger partial charge in [-0.1, -0.05) is 0 Å². The fourth-order valence-electron chi connectivity index (χ4n) is 2.76. The van der Waals surface area contributed by atoms with Crippen LogP contribution in [0.3, 0.4) is 0 Å². The van der Waals surface area contributed by atoms with Crippen molar-refractivity contribution in [1.82, 2.24) is 4.90 Å². The highest BCUT2D eigenvalue weighted by Gasteiger charge is 2.58. The number of nitrogens with two attached hydrogens (primary N) is 1. The Balaban J connectivity index is 2.34. The van der Waals surface area contributed by atoms with E-state index in [0.29, 0.717) is 5.57 Å². The van der Waals surface area contributed by atoms with Crippen LogP contribution in [0.5, 0.6) is 0 Å². The minimum Gasteiger partial charge on any atom is -0.615 e. The fourth-order valence-corrected chi connectivity index (χ4v) is 3.37. The summed E-state index contributed by atoms with van der Waals surface area (Å²) in [5, 5.41) is 17.9. The van der Waals surface area contributed by atoms with Gasteiger partial charge >= 0.3 is 5.97 Å². The van der Waals surface area contributed by atoms with Crippen molar-refractivity contribution in [3.8, 4) is 0 Å². The number of carbonyl (C=O) groups is 2. The van der Waals surface area contributed by atoms with Crippen LogP contribution in [-0.4, -0.2) is 55.3 Å². The lowest BCUT2D eigenvalue weighted by Crippen LogP contribution is -2.61. The van der Waals surface area contributed by atoms with Crippen molar-refractivity contribution in [3.63, 3.8) is 0 Å². The molecular formula is C11H16N2O5S. The summed E-state index contributed by atoms with van der Waals surface area (Å²) in [7, 11) is 0. The lowest BCUT2D eigenvalue weighted by Gasteiger charge is -2.44. The predicted octanol–water partition coefficient (Wildman–Crippen LogP) is -1.40. The van der Waals surface area contributed by atoms with Crippen molar-refractivity contribution in [3.05, 3.63) is 11.3 Å². The van der Waals surface area contributed by atoms with Crippen LogP contribution in [0, 0.1) is 5.92 Å². The standard InChI is InChI=1S/C11H16N2O5S/c1-4(14)7-6-3-5(9(12)19(2)18)8(11(16)17)13(6)10(7)15/h4,6-7,9,14H,3,12H2,1-2H3,(H,16,17). The Morgan fingerprint density at radius 2 is 2.21 bits per heavy atom. The first-order chi connectivity index (χ1) is 8.77. The maximum absolute atomic E-state index is 11.9. The third kappa shape index (κ3) is 2.04. The van der Waals surface area contributed by atoms with E-state index < -0.39 is 40.4 Å². The maximum Gasteiger partial charge on any atom is 0.352 e. The molecule has 0 spiro atoms. The molecule has 0 aliphatic carbocycles. The number of carboxylic acid groups (broad SMARTS) is 1. The molecule has 19 heavy (non-hydrogen) atoms. The zero-order chi connectivity index (χ0) is 14.5. The number of carboxylic acids is 1. The van der Waals surface area contributed by atoms with Crippen LogP contribution in [0.2, 0.25) is 0 Å². The van der Waals surface area contributed by atoms with Crippen molar-refractivity contribution in [2.75, 3.05) is 6.26 Å². The van der Waals surface area contributed by atoms with Crippen molar-refractivity contribution < 1.29 is 24.4 Å². The van der Waals surface area contributed by atoms with Crippen LogP contribution in [0.4, 0.5) is 0 Å². The molecule has 5 unspecified atom stereocenters. The molecule has 106 valence electrons. The molecule has 0 saturated carbocycles. The number of aliphatic carboxylic acids is 1. The van der Waals surface area contributed by atoms with Gasteiger partial charge in [0.05, 0.1) is 24.3 Å². The minimum atomic E-state index is -1.42. The highest BCUT2D eigenvalue weighted by Crippen LogP contribution is 2.44. The molecule has 7 nitrogen and oxygen atoms in total. The highest BCUT2D eigenvalue weighted by atomic mass is 32.2. The molecule has 2 heterocycles. The third-order valence-corrected chi connectivity index (χ3v) is 4.67. The smallest absolute Gasteiger partial charge is 0.352 e. The molecule has 5 atom stereocenters. The second kappa shape index (κ2) is 4.78. The summed E-state index contributed by atoms with van der Waals surface area (Å²) in [4.78, 5) is 24.3. The van der Waals surface area contributed by atoms with E-state index in [1.54, 1.807) is 0 Å². The molecule has 1 saturated heterocycles. The molecule has 0 aromatic heterocycles. The average Bonchev–Trinajstić information content (AvgIpc) is 2.62. The zero-order valence-electron chi connectivity index (χ0n) is 10.6. The minimum absolute atomic E-state index is 0.172. The SMILES string of the molecule is CC(O)C1C(=O)N2C(C(=O)O)=C(C(N)[S+](C)[O-])CC12. The van der Waals surface area contributed by atoms with Gasteiger partial charge in [-0.05, 0) is 24.5 Å². The lowest BCUT2D eigenvalue weighted by atomic mass is 9.83. The van der Waals surface area contributed by atoms with Gasteiger partial charge in [0.2, 0.25) is 5.91 Å². The van der Waals surface area contributed by atoms with Gasteiger partial charge in [-0.3, -0.25) is 10.5 Å². The topological polar surface area (TPSA) is 127 Å². The van der Waals surface area contributed by atoms with Crippen molar-refractivity contribution in [1.29, 1.82) is 0 Å². The second-order valence-corrected chi connectivity index (χ2v) is 6.35. The Morgan fingerprint density at radius 1 is 1.63 bits per heavy atom. The summed E-state index contributed by atoms with van der Waals surface area (Å²) in [5.74, 6) is -2.28. The number of rotatable bonds is 4. The highest BCUT2D eigenvalue weighted by molar-refractivity contribution is 7.91. The number of carbonyl (C=O) groups excluding carboxylic acids is 1. The third-order valence-electron chi connectivity index (χ3n) is 3.67. The summed E-state index contributed by atoms with van der Waals surface area (Å²) < 4.78 is 11.4. The first-order valence-electron chi connectivity index (χ1n) is 5.82. The van der Waals surface area contributed by atoms with Crippen LogP contribution in [-0.2, 0) is 20.8 Å². The Labute approximate surface area is 113 Å². The molecule has 2 aliphatic heterocycles. The van der Waals surface area contributed by atoms with E-state index in [1.807, 2.05) is 0 Å². The first-order valence-corrected chi connectivity index (χ1v) is 7.44. The molecule has 0 bridgehead atoms. The molecule has 4 N–H and O–H groups in total. The van der Waals surface area contributed by atoms with Crippen LogP contribution >= 0.6 is 0 Å². The summed E-state index contributed by atoms with van der Waals surface area (Å²) in [6.07, 6.45) is 0.802. The molecule has 1 fully saturated rings. The van der Waals surface area contributed by atoms with Crippen LogP contribution in [0.25, 0.3) is 0 Å². The number of aliphatic hydroxyl groups is 1. The summed E-state index contributed by atoms with van der Waals surface area (Å²) in [5.41, 5.74) is 5.89. The maximum atomic E-state index is 11.9. The normalized spacial score (nSPS) is 30.8. The molecule has 8 heteroatoms. The van der Waals surface area contributed by atoms with E-state index in [2.05, 4.69) is 0 Å². The Morgan fingerprint density at radius 3 is 2.63 bits per heavy atom. The van der Waals surface area contributed by atoms with Gasteiger partial charge in [-0.15, -0.1) is 0 Å². The van der Waals surface area contributed by atoms with Gasteiger partial charge in [0, 0.05) is 5.57 Å². The van der Waals surface area contributed by atoms with E-state index >= 15 is 0 Å². The lowest BCUT2D eigenvalue weighted by molar-refractivity contribution is -0.161. The zero-order valence-corrected chi connectivity index (χ0v) is 11.4. The number of hydrogen-bond acceptors (Lipinski definition) is 5. The summed E-state index contributed by atoms with van der Waals surface area (Å²) in [6.45, 7) is 1.50. The number of aliphatic hydroxyl groups excluding tert-OH is 1. The largest absolute Gasteiger partial charge is 0.615 e. The Bertz CT molecular complexity index is 462. The van der Waals surface area contributed by atoms with E-state index in [1.165, 1.54) is 13.2 Å². The number of hydrogen-bond donors (Lipinski definition) is 3. The van der Waals surface area contributed by atoms with Crippen molar-refractivity contribution in [2.24, 2.45) is 11.7 Å². The van der Waals surface area contributed by atoms with Crippen LogP contribution in [0.15, 0.2) is 11.3 Å². The van der Waals surface area contributed by atoms with Crippen molar-refractivity contribution >= 4 is 23.1 Å². The molecule has 2 rings (SSSR count). The molecule has 2 aliphatic rings. The average molecular weight is 288 g/mol. The molecule has 0 radical (unpaired) electrons. The van der Waals surface area contributed by atoms with Crippen LogP contribution < -0.4 is 5.73 Å². The van der Waals surface area contributed by atoms with Gasteiger partial charge in [0.15, 0.2) is 5.37 Å². The van der Waals surface area contributed by atoms with Crippen LogP contribution in [0.1, 0.15) is 13.3 Å². The fraction of sp³-hybridized carbons (Fsp3) is 0.636. The van der Waals surface area contributed by atoms with E-state index in [0.717, 1.165) is 4.90 Å². The second-order valence-electron chi connectivity index (χ2n) is 4.84. The van der Waals surface area contributed by atoms with Gasteiger partial charge in [0.25, 0.3) is 0 Å². The van der Waals surface area contributed by atoms with E-state index in [4.69, 9.17) is 5.73 Å². The molecular weight excluding hydrogens is 272 g/mol. The summed E-state index contributed by atoms with van der Waals surface area (Å²) >= 11 is -1.42. The van der Waals surface area contributed by atoms with Gasteiger partial charge < -0.3 is 19.7 Å². The number of fused-ring (bicyclic) bond motifs is 1. The first kappa shape index (κ1) is 14.3. The Hall–Kier alpha value is -1.09. The monoisotopic (exact) mass is 288 g/mol. The quantitative estimate of drug-likeness (QED) is 0.431. The predicted molar refractivity (Wildman–Crippen MR) is 67.1 cm³/mol. The van der Waals surface area contributed by atoms with Gasteiger partial charge in [-0.25, -0.2) is 4.79 Å². The van der Waals surface area contributed by atoms with Crippen molar-refractivity contribution in [2.45, 2.75) is 30.9 Å². The molecule has 0 aromatic carbocycles. The van der Waals surface area contributed by atoms with E-state index in [-0.39, 0.29) is 18.2 Å². The van der Waals surface area contributed by atoms with Gasteiger partial charge in [-0.2, -0.15) is 0 Å². The number of amides is 1. The van der Waals surface area contributed by atoms with E-state index in [9.17, 15) is 24.4 Å². The number of nitrogens with zero attached hydrogens (tertiary/aromatic N) is 1. The Kier molecular flexibility index (Phi) is 3.61. The summed E-state index contributed by atoms with van der Waals surface area (Å²) in [6, 6.07) is -0.386. The number of β-lactam (4-membered cyclic amide) rings is 1.